The van der Waals surface area contributed by atoms with Crippen LogP contribution < -0.4 is 5.73 Å². The molecular formula is C10H14ClN. The molecule has 0 aromatic heterocycles. The number of hydrogen-bond donors (Lipinski definition) is 1. The molecule has 0 aliphatic rings. The summed E-state index contributed by atoms with van der Waals surface area (Å²) in [5.41, 5.74) is 6.78. The first kappa shape index (κ1) is 11.2. The van der Waals surface area contributed by atoms with E-state index in [2.05, 4.69) is 18.7 Å². The van der Waals surface area contributed by atoms with Crippen molar-refractivity contribution in [3.05, 3.63) is 48.6 Å². The highest BCUT2D eigenvalue weighted by atomic mass is 35.5. The molecule has 1 atom stereocenters. The molecule has 0 bridgehead atoms. The quantitative estimate of drug-likeness (QED) is 0.716. The smallest absolute Gasteiger partial charge is 0.0138 e. The minimum Gasteiger partial charge on any atom is -0.330 e. The van der Waals surface area contributed by atoms with E-state index in [1.807, 2.05) is 24.3 Å². The molecular weight excluding hydrogens is 170 g/mol. The van der Waals surface area contributed by atoms with Crippen molar-refractivity contribution in [2.45, 2.75) is 5.92 Å². The molecule has 0 heterocycles. The summed E-state index contributed by atoms with van der Waals surface area (Å²) >= 11 is 0. The summed E-state index contributed by atoms with van der Waals surface area (Å²) in [6.07, 6.45) is 1.88. The predicted octanol–water partition coefficient (Wildman–Crippen LogP) is 2.34. The van der Waals surface area contributed by atoms with E-state index in [9.17, 15) is 0 Å². The van der Waals surface area contributed by atoms with Crippen LogP contribution in [0.1, 0.15) is 11.5 Å². The molecule has 0 saturated heterocycles. The van der Waals surface area contributed by atoms with Crippen LogP contribution in [0, 0.1) is 0 Å². The van der Waals surface area contributed by atoms with Crippen LogP contribution in [0.2, 0.25) is 0 Å². The highest BCUT2D eigenvalue weighted by Gasteiger charge is 2.01. The SMILES string of the molecule is C=CC(CN)c1ccccc1.Cl. The van der Waals surface area contributed by atoms with Gasteiger partial charge in [-0.3, -0.25) is 0 Å². The Bertz CT molecular complexity index is 221. The second-order valence-electron chi connectivity index (χ2n) is 2.49. The third-order valence-electron chi connectivity index (χ3n) is 1.77. The lowest BCUT2D eigenvalue weighted by atomic mass is 10.00. The molecule has 0 fully saturated rings. The third-order valence-corrected chi connectivity index (χ3v) is 1.77. The lowest BCUT2D eigenvalue weighted by Gasteiger charge is -2.08. The van der Waals surface area contributed by atoms with Gasteiger partial charge >= 0.3 is 0 Å². The van der Waals surface area contributed by atoms with E-state index in [0.717, 1.165) is 0 Å². The lowest BCUT2D eigenvalue weighted by Crippen LogP contribution is -2.09. The Morgan fingerprint density at radius 1 is 1.33 bits per heavy atom. The summed E-state index contributed by atoms with van der Waals surface area (Å²) < 4.78 is 0. The topological polar surface area (TPSA) is 26.0 Å². The molecule has 0 aliphatic heterocycles. The maximum atomic E-state index is 5.54. The largest absolute Gasteiger partial charge is 0.330 e. The molecule has 0 aliphatic carbocycles. The van der Waals surface area contributed by atoms with Gasteiger partial charge in [-0.2, -0.15) is 0 Å². The fourth-order valence-corrected chi connectivity index (χ4v) is 1.07. The molecule has 1 aromatic rings. The second-order valence-corrected chi connectivity index (χ2v) is 2.49. The van der Waals surface area contributed by atoms with Gasteiger partial charge in [0.1, 0.15) is 0 Å². The highest BCUT2D eigenvalue weighted by molar-refractivity contribution is 5.85. The van der Waals surface area contributed by atoms with Gasteiger partial charge in [0.15, 0.2) is 0 Å². The molecule has 2 heteroatoms. The van der Waals surface area contributed by atoms with Crippen LogP contribution >= 0.6 is 12.4 Å². The molecule has 0 radical (unpaired) electrons. The van der Waals surface area contributed by atoms with E-state index < -0.39 is 0 Å². The van der Waals surface area contributed by atoms with Gasteiger partial charge in [-0.1, -0.05) is 36.4 Å². The van der Waals surface area contributed by atoms with Gasteiger partial charge in [0.25, 0.3) is 0 Å². The van der Waals surface area contributed by atoms with Crippen molar-refractivity contribution in [3.8, 4) is 0 Å². The minimum atomic E-state index is 0. The molecule has 1 unspecified atom stereocenters. The van der Waals surface area contributed by atoms with Gasteiger partial charge in [-0.05, 0) is 5.56 Å². The molecule has 1 nitrogen and oxygen atoms in total. The van der Waals surface area contributed by atoms with Crippen molar-refractivity contribution in [2.24, 2.45) is 5.73 Å². The maximum Gasteiger partial charge on any atom is 0.0138 e. The fourth-order valence-electron chi connectivity index (χ4n) is 1.07. The summed E-state index contributed by atoms with van der Waals surface area (Å²) in [5, 5.41) is 0. The fraction of sp³-hybridized carbons (Fsp3) is 0.200. The van der Waals surface area contributed by atoms with Crippen LogP contribution in [0.25, 0.3) is 0 Å². The molecule has 0 spiro atoms. The zero-order chi connectivity index (χ0) is 8.10. The second kappa shape index (κ2) is 5.81. The zero-order valence-corrected chi connectivity index (χ0v) is 7.76. The van der Waals surface area contributed by atoms with Crippen molar-refractivity contribution in [3.63, 3.8) is 0 Å². The standard InChI is InChI=1S/C10H13N.ClH/c1-2-9(8-11)10-6-4-3-5-7-10;/h2-7,9H,1,8,11H2;1H. The number of benzene rings is 1. The van der Waals surface area contributed by atoms with Gasteiger partial charge in [-0.25, -0.2) is 0 Å². The summed E-state index contributed by atoms with van der Waals surface area (Å²) in [7, 11) is 0. The number of hydrogen-bond acceptors (Lipinski definition) is 1. The summed E-state index contributed by atoms with van der Waals surface area (Å²) in [4.78, 5) is 0. The molecule has 66 valence electrons. The van der Waals surface area contributed by atoms with Gasteiger partial charge in [0.05, 0.1) is 0 Å². The average Bonchev–Trinajstić information content (AvgIpc) is 2.09. The van der Waals surface area contributed by atoms with Crippen molar-refractivity contribution in [2.75, 3.05) is 6.54 Å². The van der Waals surface area contributed by atoms with Crippen LogP contribution in [-0.2, 0) is 0 Å². The normalized spacial score (nSPS) is 11.4. The highest BCUT2D eigenvalue weighted by Crippen LogP contribution is 2.13. The number of rotatable bonds is 3. The summed E-state index contributed by atoms with van der Waals surface area (Å²) in [5.74, 6) is 0.302. The monoisotopic (exact) mass is 183 g/mol. The molecule has 0 saturated carbocycles. The van der Waals surface area contributed by atoms with E-state index in [0.29, 0.717) is 12.5 Å². The molecule has 0 amide bonds. The van der Waals surface area contributed by atoms with Crippen molar-refractivity contribution < 1.29 is 0 Å². The zero-order valence-electron chi connectivity index (χ0n) is 6.94. The number of nitrogens with two attached hydrogens (primary N) is 1. The Morgan fingerprint density at radius 3 is 2.33 bits per heavy atom. The van der Waals surface area contributed by atoms with E-state index in [4.69, 9.17) is 5.73 Å². The van der Waals surface area contributed by atoms with E-state index in [1.54, 1.807) is 0 Å². The Labute approximate surface area is 79.7 Å². The van der Waals surface area contributed by atoms with Gasteiger partial charge in [0, 0.05) is 12.5 Å². The van der Waals surface area contributed by atoms with E-state index in [-0.39, 0.29) is 12.4 Å². The van der Waals surface area contributed by atoms with Crippen molar-refractivity contribution in [1.82, 2.24) is 0 Å². The van der Waals surface area contributed by atoms with Crippen LogP contribution in [0.4, 0.5) is 0 Å². The van der Waals surface area contributed by atoms with Gasteiger partial charge in [0.2, 0.25) is 0 Å². The Balaban J connectivity index is 0.00000121. The van der Waals surface area contributed by atoms with Crippen molar-refractivity contribution in [1.29, 1.82) is 0 Å². The van der Waals surface area contributed by atoms with Crippen LogP contribution in [0.15, 0.2) is 43.0 Å². The first-order valence-corrected chi connectivity index (χ1v) is 3.76. The molecule has 12 heavy (non-hydrogen) atoms. The van der Waals surface area contributed by atoms with Crippen LogP contribution in [0.5, 0.6) is 0 Å². The molecule has 2 N–H and O–H groups in total. The maximum absolute atomic E-state index is 5.54. The summed E-state index contributed by atoms with van der Waals surface area (Å²) in [6.45, 7) is 4.36. The van der Waals surface area contributed by atoms with Gasteiger partial charge < -0.3 is 5.73 Å². The van der Waals surface area contributed by atoms with E-state index in [1.165, 1.54) is 5.56 Å². The Kier molecular flexibility index (Phi) is 5.43. The molecule has 1 rings (SSSR count). The van der Waals surface area contributed by atoms with E-state index >= 15 is 0 Å². The predicted molar refractivity (Wildman–Crippen MR) is 55.7 cm³/mol. The van der Waals surface area contributed by atoms with Crippen LogP contribution in [0.3, 0.4) is 0 Å². The first-order valence-electron chi connectivity index (χ1n) is 3.76. The lowest BCUT2D eigenvalue weighted by molar-refractivity contribution is 0.851. The summed E-state index contributed by atoms with van der Waals surface area (Å²) in [6, 6.07) is 10.2. The molecule has 1 aromatic carbocycles. The number of halogens is 1. The Hall–Kier alpha value is -0.790. The first-order chi connectivity index (χ1) is 5.38. The van der Waals surface area contributed by atoms with Crippen LogP contribution in [-0.4, -0.2) is 6.54 Å². The minimum absolute atomic E-state index is 0. The van der Waals surface area contributed by atoms with Crippen molar-refractivity contribution >= 4 is 12.4 Å². The average molecular weight is 184 g/mol. The van der Waals surface area contributed by atoms with Gasteiger partial charge in [-0.15, -0.1) is 19.0 Å². The third kappa shape index (κ3) is 2.68. The Morgan fingerprint density at radius 2 is 1.92 bits per heavy atom.